The Labute approximate surface area is 102 Å². The topological polar surface area (TPSA) is 21.3 Å². The Morgan fingerprint density at radius 1 is 0.941 bits per heavy atom. The van der Waals surface area contributed by atoms with E-state index in [1.54, 1.807) is 7.11 Å². The molecule has 0 heterocycles. The van der Waals surface area contributed by atoms with Crippen molar-refractivity contribution < 1.29 is 4.74 Å². The van der Waals surface area contributed by atoms with Crippen molar-refractivity contribution in [2.45, 2.75) is 6.42 Å². The van der Waals surface area contributed by atoms with Gasteiger partial charge in [0.05, 0.1) is 7.11 Å². The van der Waals surface area contributed by atoms with Crippen molar-refractivity contribution in [1.29, 1.82) is 0 Å². The highest BCUT2D eigenvalue weighted by Gasteiger charge is 1.95. The molecular weight excluding hydrogens is 210 g/mol. The molecule has 2 heteroatoms. The number of benzene rings is 2. The van der Waals surface area contributed by atoms with Gasteiger partial charge in [-0.25, -0.2) is 0 Å². The van der Waals surface area contributed by atoms with Crippen LogP contribution in [-0.2, 0) is 6.42 Å². The number of rotatable bonds is 5. The van der Waals surface area contributed by atoms with Crippen LogP contribution in [0.25, 0.3) is 0 Å². The van der Waals surface area contributed by atoms with Gasteiger partial charge in [-0.2, -0.15) is 0 Å². The fourth-order valence-electron chi connectivity index (χ4n) is 1.70. The number of hydrogen-bond acceptors (Lipinski definition) is 2. The maximum atomic E-state index is 5.13. The predicted octanol–water partition coefficient (Wildman–Crippen LogP) is 3.35. The van der Waals surface area contributed by atoms with E-state index in [1.807, 2.05) is 30.3 Å². The summed E-state index contributed by atoms with van der Waals surface area (Å²) in [5.74, 6) is 0.907. The first-order chi connectivity index (χ1) is 8.38. The summed E-state index contributed by atoms with van der Waals surface area (Å²) in [6.45, 7) is 0.941. The molecule has 0 bridgehead atoms. The smallest absolute Gasteiger partial charge is 0.118 e. The Hall–Kier alpha value is -1.96. The lowest BCUT2D eigenvalue weighted by Gasteiger charge is -2.06. The lowest BCUT2D eigenvalue weighted by Crippen LogP contribution is -2.04. The number of para-hydroxylation sites is 1. The molecule has 0 atom stereocenters. The average Bonchev–Trinajstić information content (AvgIpc) is 2.41. The largest absolute Gasteiger partial charge is 0.497 e. The highest BCUT2D eigenvalue weighted by Crippen LogP contribution is 2.12. The molecule has 0 saturated carbocycles. The number of methoxy groups -OCH3 is 1. The molecule has 0 aliphatic heterocycles. The number of anilines is 1. The van der Waals surface area contributed by atoms with E-state index in [4.69, 9.17) is 4.74 Å². The molecule has 2 nitrogen and oxygen atoms in total. The summed E-state index contributed by atoms with van der Waals surface area (Å²) < 4.78 is 5.13. The van der Waals surface area contributed by atoms with Crippen molar-refractivity contribution in [3.8, 4) is 5.75 Å². The van der Waals surface area contributed by atoms with Crippen LogP contribution in [0.2, 0.25) is 0 Å². The molecule has 88 valence electrons. The fourth-order valence-corrected chi connectivity index (χ4v) is 1.70. The van der Waals surface area contributed by atoms with Gasteiger partial charge in [0.2, 0.25) is 0 Å². The van der Waals surface area contributed by atoms with E-state index in [1.165, 1.54) is 11.3 Å². The van der Waals surface area contributed by atoms with Crippen LogP contribution in [0.3, 0.4) is 0 Å². The third kappa shape index (κ3) is 3.52. The van der Waals surface area contributed by atoms with E-state index in [2.05, 4.69) is 29.6 Å². The zero-order valence-electron chi connectivity index (χ0n) is 10.0. The van der Waals surface area contributed by atoms with Gasteiger partial charge in [-0.05, 0) is 36.2 Å². The summed E-state index contributed by atoms with van der Waals surface area (Å²) in [5, 5.41) is 3.39. The molecule has 0 aromatic heterocycles. The predicted molar refractivity (Wildman–Crippen MR) is 71.6 cm³/mol. The number of nitrogens with one attached hydrogen (secondary N) is 1. The van der Waals surface area contributed by atoms with Crippen LogP contribution in [0.4, 0.5) is 5.69 Å². The monoisotopic (exact) mass is 227 g/mol. The first kappa shape index (κ1) is 11.5. The van der Waals surface area contributed by atoms with Gasteiger partial charge in [-0.15, -0.1) is 0 Å². The van der Waals surface area contributed by atoms with E-state index >= 15 is 0 Å². The van der Waals surface area contributed by atoms with Gasteiger partial charge in [0.25, 0.3) is 0 Å². The Kier molecular flexibility index (Phi) is 4.03. The van der Waals surface area contributed by atoms with Gasteiger partial charge < -0.3 is 10.1 Å². The van der Waals surface area contributed by atoms with E-state index in [9.17, 15) is 0 Å². The Bertz CT molecular complexity index is 436. The lowest BCUT2D eigenvalue weighted by molar-refractivity contribution is 0.414. The second kappa shape index (κ2) is 5.94. The minimum absolute atomic E-state index is 0.907. The maximum Gasteiger partial charge on any atom is 0.118 e. The summed E-state index contributed by atoms with van der Waals surface area (Å²) in [6.07, 6.45) is 1.01. The molecule has 0 spiro atoms. The van der Waals surface area contributed by atoms with Gasteiger partial charge in [0.1, 0.15) is 5.75 Å². The van der Waals surface area contributed by atoms with Gasteiger partial charge in [0.15, 0.2) is 0 Å². The highest BCUT2D eigenvalue weighted by molar-refractivity contribution is 5.42. The van der Waals surface area contributed by atoms with Crippen LogP contribution in [0.1, 0.15) is 5.56 Å². The second-order valence-corrected chi connectivity index (χ2v) is 3.89. The van der Waals surface area contributed by atoms with Crippen molar-refractivity contribution >= 4 is 5.69 Å². The van der Waals surface area contributed by atoms with E-state index in [-0.39, 0.29) is 0 Å². The molecule has 0 aliphatic carbocycles. The van der Waals surface area contributed by atoms with Gasteiger partial charge in [0, 0.05) is 12.2 Å². The quantitative estimate of drug-likeness (QED) is 0.845. The van der Waals surface area contributed by atoms with Gasteiger partial charge >= 0.3 is 0 Å². The molecule has 2 aromatic rings. The molecule has 2 rings (SSSR count). The Morgan fingerprint density at radius 3 is 2.29 bits per heavy atom. The van der Waals surface area contributed by atoms with E-state index < -0.39 is 0 Å². The summed E-state index contributed by atoms with van der Waals surface area (Å²) >= 11 is 0. The molecule has 0 unspecified atom stereocenters. The normalized spacial score (nSPS) is 9.94. The summed E-state index contributed by atoms with van der Waals surface area (Å²) in [4.78, 5) is 0. The van der Waals surface area contributed by atoms with Crippen LogP contribution in [0, 0.1) is 0 Å². The molecule has 0 radical (unpaired) electrons. The average molecular weight is 227 g/mol. The van der Waals surface area contributed by atoms with Crippen molar-refractivity contribution in [3.63, 3.8) is 0 Å². The minimum atomic E-state index is 0.907. The van der Waals surface area contributed by atoms with Crippen LogP contribution in [0.15, 0.2) is 54.6 Å². The molecule has 0 amide bonds. The fraction of sp³-hybridized carbons (Fsp3) is 0.200. The molecule has 0 aliphatic rings. The van der Waals surface area contributed by atoms with Gasteiger partial charge in [-0.3, -0.25) is 0 Å². The highest BCUT2D eigenvalue weighted by atomic mass is 16.5. The lowest BCUT2D eigenvalue weighted by atomic mass is 10.1. The van der Waals surface area contributed by atoms with Crippen LogP contribution in [0.5, 0.6) is 5.75 Å². The minimum Gasteiger partial charge on any atom is -0.497 e. The number of hydrogen-bond donors (Lipinski definition) is 1. The maximum absolute atomic E-state index is 5.13. The van der Waals surface area contributed by atoms with Gasteiger partial charge in [-0.1, -0.05) is 30.3 Å². The molecule has 0 fully saturated rings. The van der Waals surface area contributed by atoms with Crippen molar-refractivity contribution in [2.24, 2.45) is 0 Å². The van der Waals surface area contributed by atoms with Crippen molar-refractivity contribution in [2.75, 3.05) is 19.0 Å². The summed E-state index contributed by atoms with van der Waals surface area (Å²) in [7, 11) is 1.69. The van der Waals surface area contributed by atoms with E-state index in [0.717, 1.165) is 18.7 Å². The van der Waals surface area contributed by atoms with Crippen LogP contribution < -0.4 is 10.1 Å². The molecular formula is C15H17NO. The van der Waals surface area contributed by atoms with E-state index in [0.29, 0.717) is 0 Å². The van der Waals surface area contributed by atoms with Crippen LogP contribution in [-0.4, -0.2) is 13.7 Å². The molecule has 1 N–H and O–H groups in total. The summed E-state index contributed by atoms with van der Waals surface area (Å²) in [6, 6.07) is 18.5. The SMILES string of the molecule is COc1ccc(CCNc2ccccc2)cc1. The molecule has 2 aromatic carbocycles. The zero-order valence-corrected chi connectivity index (χ0v) is 10.0. The third-order valence-electron chi connectivity index (χ3n) is 2.68. The Balaban J connectivity index is 1.82. The standard InChI is InChI=1S/C15H17NO/c1-17-15-9-7-13(8-10-15)11-12-16-14-5-3-2-4-6-14/h2-10,16H,11-12H2,1H3. The zero-order chi connectivity index (χ0) is 11.9. The first-order valence-electron chi connectivity index (χ1n) is 5.80. The molecule has 17 heavy (non-hydrogen) atoms. The third-order valence-corrected chi connectivity index (χ3v) is 2.68. The first-order valence-corrected chi connectivity index (χ1v) is 5.80. The van der Waals surface area contributed by atoms with Crippen molar-refractivity contribution in [3.05, 3.63) is 60.2 Å². The van der Waals surface area contributed by atoms with Crippen LogP contribution >= 0.6 is 0 Å². The Morgan fingerprint density at radius 2 is 1.65 bits per heavy atom. The van der Waals surface area contributed by atoms with Crippen molar-refractivity contribution in [1.82, 2.24) is 0 Å². The number of ether oxygens (including phenoxy) is 1. The molecule has 0 saturated heterocycles. The second-order valence-electron chi connectivity index (χ2n) is 3.89. The summed E-state index contributed by atoms with van der Waals surface area (Å²) in [5.41, 5.74) is 2.48.